The average Bonchev–Trinajstić information content (AvgIpc) is 2.94. The molecule has 0 spiro atoms. The van der Waals surface area contributed by atoms with Gasteiger partial charge in [0.2, 0.25) is 0 Å². The Bertz CT molecular complexity index is 766. The number of hydrogen-bond acceptors (Lipinski definition) is 4. The lowest BCUT2D eigenvalue weighted by Crippen LogP contribution is -2.20. The monoisotopic (exact) mass is 360 g/mol. The first-order valence-electron chi connectivity index (χ1n) is 7.96. The first-order valence-corrected chi connectivity index (χ1v) is 9.18. The van der Waals surface area contributed by atoms with E-state index in [4.69, 9.17) is 17.0 Å². The van der Waals surface area contributed by atoms with Gasteiger partial charge in [0, 0.05) is 10.6 Å². The van der Waals surface area contributed by atoms with Crippen molar-refractivity contribution >= 4 is 45.3 Å². The van der Waals surface area contributed by atoms with Crippen LogP contribution in [0.2, 0.25) is 0 Å². The molecule has 24 heavy (non-hydrogen) atoms. The van der Waals surface area contributed by atoms with Crippen molar-refractivity contribution in [3.8, 4) is 0 Å². The Morgan fingerprint density at radius 3 is 2.58 bits per heavy atom. The summed E-state index contributed by atoms with van der Waals surface area (Å²) in [6, 6.07) is 8.00. The van der Waals surface area contributed by atoms with Gasteiger partial charge in [0.25, 0.3) is 0 Å². The van der Waals surface area contributed by atoms with E-state index in [1.54, 1.807) is 11.3 Å². The number of hydrogen-bond donors (Lipinski definition) is 2. The molecule has 0 saturated carbocycles. The Morgan fingerprint density at radius 1 is 1.17 bits per heavy atom. The Balaban J connectivity index is 1.81. The number of carbonyl (C=O) groups excluding carboxylic acids is 1. The summed E-state index contributed by atoms with van der Waals surface area (Å²) in [6.07, 6.45) is 4.22. The van der Waals surface area contributed by atoms with Crippen molar-refractivity contribution in [2.75, 3.05) is 17.7 Å². The summed E-state index contributed by atoms with van der Waals surface area (Å²) >= 11 is 7.01. The van der Waals surface area contributed by atoms with E-state index in [1.807, 2.05) is 31.2 Å². The third-order valence-electron chi connectivity index (χ3n) is 4.10. The second-order valence-electron chi connectivity index (χ2n) is 5.85. The van der Waals surface area contributed by atoms with Crippen molar-refractivity contribution in [3.63, 3.8) is 0 Å². The van der Waals surface area contributed by atoms with Crippen molar-refractivity contribution < 1.29 is 9.53 Å². The van der Waals surface area contributed by atoms with Crippen LogP contribution in [0.5, 0.6) is 0 Å². The minimum absolute atomic E-state index is 0.296. The molecule has 3 rings (SSSR count). The molecule has 1 aliphatic carbocycles. The van der Waals surface area contributed by atoms with E-state index in [2.05, 4.69) is 10.6 Å². The Hall–Kier alpha value is -1.92. The van der Waals surface area contributed by atoms with Crippen LogP contribution in [0.3, 0.4) is 0 Å². The van der Waals surface area contributed by atoms with Crippen LogP contribution < -0.4 is 10.6 Å². The standard InChI is InChI=1S/C18H20N2O2S2/c1-11-7-9-12(10-8-11)19-18(23)20-16-15(17(21)22-2)13-5-3-4-6-14(13)24-16/h7-10H,3-6H2,1-2H3,(H2,19,20,23). The number of carbonyl (C=O) groups is 1. The number of esters is 1. The molecule has 0 unspecified atom stereocenters. The Kier molecular flexibility index (Phi) is 5.16. The van der Waals surface area contributed by atoms with E-state index in [0.717, 1.165) is 35.5 Å². The normalized spacial score (nSPS) is 13.1. The molecule has 0 amide bonds. The van der Waals surface area contributed by atoms with E-state index in [9.17, 15) is 4.79 Å². The zero-order chi connectivity index (χ0) is 17.1. The molecule has 0 saturated heterocycles. The van der Waals surface area contributed by atoms with Gasteiger partial charge in [-0.25, -0.2) is 4.79 Å². The molecular formula is C18H20N2O2S2. The molecule has 0 radical (unpaired) electrons. The van der Waals surface area contributed by atoms with Crippen LogP contribution in [0.25, 0.3) is 0 Å². The SMILES string of the molecule is COC(=O)c1c(NC(=S)Nc2ccc(C)cc2)sc2c1CCCC2. The highest BCUT2D eigenvalue weighted by Gasteiger charge is 2.26. The number of benzene rings is 1. The summed E-state index contributed by atoms with van der Waals surface area (Å²) < 4.78 is 4.98. The third kappa shape index (κ3) is 3.60. The summed E-state index contributed by atoms with van der Waals surface area (Å²) in [4.78, 5) is 13.5. The number of thiocarbonyl (C=S) groups is 1. The second kappa shape index (κ2) is 7.32. The van der Waals surface area contributed by atoms with E-state index in [-0.39, 0.29) is 5.97 Å². The van der Waals surface area contributed by atoms with Gasteiger partial charge >= 0.3 is 5.97 Å². The van der Waals surface area contributed by atoms with Crippen molar-refractivity contribution in [2.24, 2.45) is 0 Å². The maximum absolute atomic E-state index is 12.2. The zero-order valence-electron chi connectivity index (χ0n) is 13.8. The lowest BCUT2D eigenvalue weighted by molar-refractivity contribution is 0.0601. The highest BCUT2D eigenvalue weighted by atomic mass is 32.1. The molecule has 0 bridgehead atoms. The van der Waals surface area contributed by atoms with E-state index in [1.165, 1.54) is 24.0 Å². The van der Waals surface area contributed by atoms with Crippen LogP contribution in [0, 0.1) is 6.92 Å². The number of nitrogens with one attached hydrogen (secondary N) is 2. The van der Waals surface area contributed by atoms with E-state index >= 15 is 0 Å². The van der Waals surface area contributed by atoms with Crippen LogP contribution in [0.4, 0.5) is 10.7 Å². The van der Waals surface area contributed by atoms with Crippen molar-refractivity contribution in [2.45, 2.75) is 32.6 Å². The van der Waals surface area contributed by atoms with Crippen LogP contribution in [-0.2, 0) is 17.6 Å². The zero-order valence-corrected chi connectivity index (χ0v) is 15.4. The third-order valence-corrected chi connectivity index (χ3v) is 5.51. The van der Waals surface area contributed by atoms with E-state index in [0.29, 0.717) is 10.7 Å². The Morgan fingerprint density at radius 2 is 1.88 bits per heavy atom. The molecular weight excluding hydrogens is 340 g/mol. The number of thiophene rings is 1. The molecule has 6 heteroatoms. The van der Waals surface area contributed by atoms with Gasteiger partial charge in [-0.3, -0.25) is 0 Å². The number of aryl methyl sites for hydroxylation is 2. The lowest BCUT2D eigenvalue weighted by Gasteiger charge is -2.12. The number of rotatable bonds is 3. The molecule has 1 heterocycles. The highest BCUT2D eigenvalue weighted by Crippen LogP contribution is 2.38. The van der Waals surface area contributed by atoms with Gasteiger partial charge in [0.05, 0.1) is 12.7 Å². The maximum Gasteiger partial charge on any atom is 0.341 e. The van der Waals surface area contributed by atoms with Gasteiger partial charge in [0.15, 0.2) is 5.11 Å². The van der Waals surface area contributed by atoms with Crippen molar-refractivity contribution in [3.05, 3.63) is 45.8 Å². The average molecular weight is 361 g/mol. The second-order valence-corrected chi connectivity index (χ2v) is 7.37. The summed E-state index contributed by atoms with van der Waals surface area (Å²) in [5.74, 6) is -0.296. The fourth-order valence-corrected chi connectivity index (χ4v) is 4.44. The largest absolute Gasteiger partial charge is 0.465 e. The van der Waals surface area contributed by atoms with Gasteiger partial charge in [-0.2, -0.15) is 0 Å². The molecule has 2 N–H and O–H groups in total. The molecule has 0 atom stereocenters. The van der Waals surface area contributed by atoms with Crippen molar-refractivity contribution in [1.82, 2.24) is 0 Å². The minimum atomic E-state index is -0.296. The molecule has 0 fully saturated rings. The van der Waals surface area contributed by atoms with Crippen molar-refractivity contribution in [1.29, 1.82) is 0 Å². The minimum Gasteiger partial charge on any atom is -0.465 e. The quantitative estimate of drug-likeness (QED) is 0.622. The first-order chi connectivity index (χ1) is 11.6. The summed E-state index contributed by atoms with van der Waals surface area (Å²) in [6.45, 7) is 2.04. The maximum atomic E-state index is 12.2. The van der Waals surface area contributed by atoms with Crippen LogP contribution in [0.15, 0.2) is 24.3 Å². The van der Waals surface area contributed by atoms with Crippen LogP contribution in [0.1, 0.15) is 39.2 Å². The molecule has 1 aromatic heterocycles. The number of ether oxygens (including phenoxy) is 1. The van der Waals surface area contributed by atoms with E-state index < -0.39 is 0 Å². The topological polar surface area (TPSA) is 50.4 Å². The predicted molar refractivity (Wildman–Crippen MR) is 103 cm³/mol. The highest BCUT2D eigenvalue weighted by molar-refractivity contribution is 7.80. The van der Waals surface area contributed by atoms with Gasteiger partial charge < -0.3 is 15.4 Å². The fraction of sp³-hybridized carbons (Fsp3) is 0.333. The van der Waals surface area contributed by atoms with Gasteiger partial charge in [0.1, 0.15) is 5.00 Å². The van der Waals surface area contributed by atoms with Gasteiger partial charge in [-0.05, 0) is 62.5 Å². The van der Waals surface area contributed by atoms with Gasteiger partial charge in [-0.15, -0.1) is 11.3 Å². The number of anilines is 2. The summed E-state index contributed by atoms with van der Waals surface area (Å²) in [7, 11) is 1.42. The summed E-state index contributed by atoms with van der Waals surface area (Å²) in [5, 5.41) is 7.59. The van der Waals surface area contributed by atoms with Crippen LogP contribution in [-0.4, -0.2) is 18.2 Å². The molecule has 1 aromatic carbocycles. The molecule has 2 aromatic rings. The predicted octanol–water partition coefficient (Wildman–Crippen LogP) is 4.53. The van der Waals surface area contributed by atoms with Gasteiger partial charge in [-0.1, -0.05) is 17.7 Å². The number of fused-ring (bicyclic) bond motifs is 1. The fourth-order valence-electron chi connectivity index (χ4n) is 2.87. The number of methoxy groups -OCH3 is 1. The molecule has 126 valence electrons. The molecule has 0 aliphatic heterocycles. The lowest BCUT2D eigenvalue weighted by atomic mass is 9.95. The van der Waals surface area contributed by atoms with Crippen LogP contribution >= 0.6 is 23.6 Å². The first kappa shape index (κ1) is 16.9. The molecule has 1 aliphatic rings. The smallest absolute Gasteiger partial charge is 0.341 e. The Labute approximate surface area is 151 Å². The molecule has 4 nitrogen and oxygen atoms in total. The summed E-state index contributed by atoms with van der Waals surface area (Å²) in [5.41, 5.74) is 3.88.